The van der Waals surface area contributed by atoms with Crippen molar-refractivity contribution in [3.8, 4) is 11.3 Å². The average Bonchev–Trinajstić information content (AvgIpc) is 2.87. The van der Waals surface area contributed by atoms with Crippen LogP contribution >= 0.6 is 0 Å². The maximum absolute atomic E-state index is 14.9. The van der Waals surface area contributed by atoms with E-state index < -0.39 is 57.7 Å². The Labute approximate surface area is 239 Å². The molecule has 1 fully saturated rings. The van der Waals surface area contributed by atoms with E-state index >= 15 is 0 Å². The molecular formula is C26H32F5N7O3S. The van der Waals surface area contributed by atoms with Crippen LogP contribution in [-0.2, 0) is 10.0 Å². The summed E-state index contributed by atoms with van der Waals surface area (Å²) in [6.45, 7) is 3.49. The fourth-order valence-electron chi connectivity index (χ4n) is 4.95. The SMILES string of the molecule is CC(C)n1c(=O)c(-c2ccc(NS(=O)(=O)CCC(F)(F)F)c(F)c2)nc2cnc(N[C@H]3CC[C@H](N(C)C)[C@@H](F)C3)nc21. The Morgan fingerprint density at radius 2 is 1.88 bits per heavy atom. The highest BCUT2D eigenvalue weighted by Gasteiger charge is 2.32. The lowest BCUT2D eigenvalue weighted by Gasteiger charge is -2.35. The van der Waals surface area contributed by atoms with Gasteiger partial charge in [0, 0.05) is 30.1 Å². The van der Waals surface area contributed by atoms with Crippen LogP contribution in [0.5, 0.6) is 0 Å². The van der Waals surface area contributed by atoms with Gasteiger partial charge in [-0.25, -0.2) is 27.2 Å². The molecule has 0 aliphatic heterocycles. The Balaban J connectivity index is 1.62. The molecule has 0 saturated heterocycles. The second-order valence-electron chi connectivity index (χ2n) is 10.8. The van der Waals surface area contributed by atoms with Gasteiger partial charge in [-0.05, 0) is 52.9 Å². The summed E-state index contributed by atoms with van der Waals surface area (Å²) in [7, 11) is -0.796. The molecule has 1 aliphatic carbocycles. The molecule has 0 unspecified atom stereocenters. The molecule has 0 radical (unpaired) electrons. The van der Waals surface area contributed by atoms with Crippen LogP contribution < -0.4 is 15.6 Å². The monoisotopic (exact) mass is 617 g/mol. The third kappa shape index (κ3) is 7.32. The van der Waals surface area contributed by atoms with E-state index in [-0.39, 0.29) is 46.9 Å². The molecule has 2 N–H and O–H groups in total. The third-order valence-electron chi connectivity index (χ3n) is 7.05. The molecule has 3 atom stereocenters. The van der Waals surface area contributed by atoms with Crippen molar-refractivity contribution >= 4 is 32.8 Å². The number of rotatable bonds is 9. The van der Waals surface area contributed by atoms with E-state index in [1.54, 1.807) is 18.6 Å². The normalized spacial score (nSPS) is 19.9. The predicted molar refractivity (Wildman–Crippen MR) is 149 cm³/mol. The second kappa shape index (κ2) is 12.1. The van der Waals surface area contributed by atoms with Gasteiger partial charge in [0.05, 0.1) is 24.1 Å². The van der Waals surface area contributed by atoms with Crippen molar-refractivity contribution in [2.45, 2.75) is 70.0 Å². The van der Waals surface area contributed by atoms with Crippen LogP contribution in [0, 0.1) is 5.82 Å². The Hall–Kier alpha value is -3.40. The van der Waals surface area contributed by atoms with Gasteiger partial charge in [-0.15, -0.1) is 0 Å². The second-order valence-corrected chi connectivity index (χ2v) is 12.7. The summed E-state index contributed by atoms with van der Waals surface area (Å²) in [5, 5.41) is 3.15. The molecule has 1 saturated carbocycles. The number of sulfonamides is 1. The van der Waals surface area contributed by atoms with Gasteiger partial charge in [-0.2, -0.15) is 18.2 Å². The van der Waals surface area contributed by atoms with E-state index in [2.05, 4.69) is 20.3 Å². The highest BCUT2D eigenvalue weighted by Crippen LogP contribution is 2.28. The Morgan fingerprint density at radius 3 is 2.48 bits per heavy atom. The highest BCUT2D eigenvalue weighted by atomic mass is 32.2. The molecule has 2 aromatic heterocycles. The van der Waals surface area contributed by atoms with Crippen molar-refractivity contribution in [2.75, 3.05) is 29.9 Å². The number of benzene rings is 1. The van der Waals surface area contributed by atoms with E-state index in [1.165, 1.54) is 16.8 Å². The predicted octanol–water partition coefficient (Wildman–Crippen LogP) is 4.50. The van der Waals surface area contributed by atoms with Gasteiger partial charge < -0.3 is 10.2 Å². The van der Waals surface area contributed by atoms with E-state index in [0.29, 0.717) is 12.8 Å². The molecule has 42 heavy (non-hydrogen) atoms. The van der Waals surface area contributed by atoms with Crippen molar-refractivity contribution in [1.82, 2.24) is 24.4 Å². The Bertz CT molecular complexity index is 1610. The van der Waals surface area contributed by atoms with Crippen molar-refractivity contribution in [3.63, 3.8) is 0 Å². The van der Waals surface area contributed by atoms with Gasteiger partial charge in [0.1, 0.15) is 23.2 Å². The summed E-state index contributed by atoms with van der Waals surface area (Å²) in [4.78, 5) is 28.5. The van der Waals surface area contributed by atoms with Crippen molar-refractivity contribution in [3.05, 3.63) is 40.6 Å². The Morgan fingerprint density at radius 1 is 1.17 bits per heavy atom. The van der Waals surface area contributed by atoms with E-state index in [4.69, 9.17) is 0 Å². The summed E-state index contributed by atoms with van der Waals surface area (Å²) in [6, 6.07) is 2.35. The number of hydrogen-bond acceptors (Lipinski definition) is 8. The molecule has 0 spiro atoms. The van der Waals surface area contributed by atoms with Crippen molar-refractivity contribution in [1.29, 1.82) is 0 Å². The molecule has 4 rings (SSSR count). The molecule has 16 heteroatoms. The topological polar surface area (TPSA) is 122 Å². The largest absolute Gasteiger partial charge is 0.390 e. The first-order valence-corrected chi connectivity index (χ1v) is 14.9. The zero-order valence-electron chi connectivity index (χ0n) is 23.4. The summed E-state index contributed by atoms with van der Waals surface area (Å²) < 4.78 is 94.0. The minimum atomic E-state index is -4.70. The molecular weight excluding hydrogens is 585 g/mol. The first-order chi connectivity index (χ1) is 19.5. The zero-order valence-corrected chi connectivity index (χ0v) is 24.2. The lowest BCUT2D eigenvalue weighted by molar-refractivity contribution is -0.129. The molecule has 1 aliphatic rings. The maximum Gasteiger partial charge on any atom is 0.390 e. The number of nitrogens with one attached hydrogen (secondary N) is 2. The van der Waals surface area contributed by atoms with Gasteiger partial charge >= 0.3 is 6.18 Å². The minimum absolute atomic E-state index is 0.0147. The highest BCUT2D eigenvalue weighted by molar-refractivity contribution is 7.92. The summed E-state index contributed by atoms with van der Waals surface area (Å²) in [5.41, 5.74) is -0.880. The number of fused-ring (bicyclic) bond motifs is 1. The maximum atomic E-state index is 14.9. The Kier molecular flexibility index (Phi) is 9.06. The van der Waals surface area contributed by atoms with Gasteiger partial charge in [0.2, 0.25) is 16.0 Å². The summed E-state index contributed by atoms with van der Waals surface area (Å²) >= 11 is 0. The van der Waals surface area contributed by atoms with Crippen LogP contribution in [0.4, 0.5) is 33.6 Å². The number of alkyl halides is 4. The van der Waals surface area contributed by atoms with Crippen LogP contribution in [0.3, 0.4) is 0 Å². The van der Waals surface area contributed by atoms with Crippen LogP contribution in [0.25, 0.3) is 22.4 Å². The standard InChI is InChI=1S/C26H32F5N7O3S/c1-14(2)38-23-20(13-32-25(35-23)33-16-6-8-21(37(3)4)18(28)12-16)34-22(24(38)39)15-5-7-19(17(27)11-15)36-42(40,41)10-9-26(29,30)31/h5,7,11,13-14,16,18,21,36H,6,8-10,12H2,1-4H3,(H,32,33,35)/t16-,18-,21-/m0/s1. The van der Waals surface area contributed by atoms with Crippen molar-refractivity contribution < 1.29 is 30.4 Å². The zero-order chi connectivity index (χ0) is 31.0. The van der Waals surface area contributed by atoms with Gasteiger partial charge in [0.25, 0.3) is 5.56 Å². The fourth-order valence-corrected chi connectivity index (χ4v) is 6.05. The van der Waals surface area contributed by atoms with E-state index in [1.807, 2.05) is 19.0 Å². The first kappa shape index (κ1) is 31.5. The number of halogens is 5. The van der Waals surface area contributed by atoms with Gasteiger partial charge in [-0.3, -0.25) is 14.1 Å². The van der Waals surface area contributed by atoms with Crippen molar-refractivity contribution in [2.24, 2.45) is 0 Å². The lowest BCUT2D eigenvalue weighted by atomic mass is 9.89. The summed E-state index contributed by atoms with van der Waals surface area (Å²) in [5.74, 6) is -2.17. The third-order valence-corrected chi connectivity index (χ3v) is 8.32. The molecule has 1 aromatic carbocycles. The number of anilines is 2. The average molecular weight is 618 g/mol. The molecule has 2 heterocycles. The number of aromatic nitrogens is 4. The van der Waals surface area contributed by atoms with E-state index in [0.717, 1.165) is 12.1 Å². The van der Waals surface area contributed by atoms with E-state index in [9.17, 15) is 35.2 Å². The molecule has 3 aromatic rings. The minimum Gasteiger partial charge on any atom is -0.351 e. The molecule has 10 nitrogen and oxygen atoms in total. The lowest BCUT2D eigenvalue weighted by Crippen LogP contribution is -2.44. The van der Waals surface area contributed by atoms with Crippen LogP contribution in [-0.4, -0.2) is 77.1 Å². The van der Waals surface area contributed by atoms with Gasteiger partial charge in [-0.1, -0.05) is 6.07 Å². The molecule has 230 valence electrons. The fraction of sp³-hybridized carbons (Fsp3) is 0.538. The summed E-state index contributed by atoms with van der Waals surface area (Å²) in [6.07, 6.45) is -4.27. The smallest absolute Gasteiger partial charge is 0.351 e. The number of nitrogens with zero attached hydrogens (tertiary/aromatic N) is 5. The quantitative estimate of drug-likeness (QED) is 0.337. The van der Waals surface area contributed by atoms with Crippen LogP contribution in [0.1, 0.15) is 45.6 Å². The molecule has 0 amide bonds. The van der Waals surface area contributed by atoms with Gasteiger partial charge in [0.15, 0.2) is 5.65 Å². The van der Waals surface area contributed by atoms with Crippen LogP contribution in [0.2, 0.25) is 0 Å². The van der Waals surface area contributed by atoms with Crippen LogP contribution in [0.15, 0.2) is 29.2 Å². The first-order valence-electron chi connectivity index (χ1n) is 13.3. The number of hydrogen-bond donors (Lipinski definition) is 2. The molecule has 0 bridgehead atoms.